The maximum atomic E-state index is 6.38. The Morgan fingerprint density at radius 2 is 0.660 bits per heavy atom. The summed E-state index contributed by atoms with van der Waals surface area (Å²) in [6.07, 6.45) is 28.2. The first-order valence-corrected chi connectivity index (χ1v) is 19.8. The van der Waals surface area contributed by atoms with Gasteiger partial charge in [0, 0.05) is 39.3 Å². The quantitative estimate of drug-likeness (QED) is 0.0368. The molecule has 7 heteroatoms. The molecule has 47 heavy (non-hydrogen) atoms. The highest BCUT2D eigenvalue weighted by Crippen LogP contribution is 2.14. The lowest BCUT2D eigenvalue weighted by Gasteiger charge is -2.22. The van der Waals surface area contributed by atoms with Crippen LogP contribution >= 0.6 is 0 Å². The van der Waals surface area contributed by atoms with Crippen LogP contribution in [0.4, 0.5) is 0 Å². The van der Waals surface area contributed by atoms with E-state index >= 15 is 0 Å². The summed E-state index contributed by atoms with van der Waals surface area (Å²) in [6.45, 7) is 17.5. The molecule has 0 fully saturated rings. The molecule has 0 aromatic heterocycles. The largest absolute Gasteiger partial charge is 0.353 e. The highest BCUT2D eigenvalue weighted by atomic mass is 16.8. The highest BCUT2D eigenvalue weighted by Gasteiger charge is 2.15. The maximum Gasteiger partial charge on any atom is 0.180 e. The van der Waals surface area contributed by atoms with Crippen molar-refractivity contribution in [3.8, 4) is 0 Å². The molecule has 2 unspecified atom stereocenters. The Balaban J connectivity index is 5.23. The van der Waals surface area contributed by atoms with E-state index in [9.17, 15) is 0 Å². The fourth-order valence-corrected chi connectivity index (χ4v) is 4.68. The van der Waals surface area contributed by atoms with E-state index in [1.807, 2.05) is 12.2 Å². The molecule has 0 heterocycles. The van der Waals surface area contributed by atoms with Gasteiger partial charge in [0.2, 0.25) is 0 Å². The average Bonchev–Trinajstić information content (AvgIpc) is 3.08. The number of rotatable bonds is 38. The summed E-state index contributed by atoms with van der Waals surface area (Å²) < 4.78 is 43.1. The van der Waals surface area contributed by atoms with Crippen molar-refractivity contribution in [3.05, 3.63) is 24.3 Å². The summed E-state index contributed by atoms with van der Waals surface area (Å²) in [6, 6.07) is 0. The van der Waals surface area contributed by atoms with Gasteiger partial charge in [-0.05, 0) is 63.5 Å². The van der Waals surface area contributed by atoms with E-state index in [4.69, 9.17) is 33.2 Å². The van der Waals surface area contributed by atoms with Gasteiger partial charge in [-0.3, -0.25) is 0 Å². The van der Waals surface area contributed by atoms with E-state index < -0.39 is 12.6 Å². The van der Waals surface area contributed by atoms with Gasteiger partial charge in [0.25, 0.3) is 0 Å². The van der Waals surface area contributed by atoms with Gasteiger partial charge in [0.15, 0.2) is 25.2 Å². The molecule has 0 N–H and O–H groups in total. The molecule has 0 spiro atoms. The van der Waals surface area contributed by atoms with Crippen LogP contribution in [-0.4, -0.2) is 64.8 Å². The van der Waals surface area contributed by atoms with Gasteiger partial charge in [0.05, 0.1) is 13.2 Å². The molecule has 280 valence electrons. The van der Waals surface area contributed by atoms with Crippen molar-refractivity contribution in [2.45, 2.75) is 195 Å². The average molecular weight is 671 g/mol. The Bertz CT molecular complexity index is 578. The lowest BCUT2D eigenvalue weighted by molar-refractivity contribution is -0.208. The second-order valence-corrected chi connectivity index (χ2v) is 12.5. The van der Waals surface area contributed by atoms with Gasteiger partial charge < -0.3 is 33.2 Å². The predicted molar refractivity (Wildman–Crippen MR) is 197 cm³/mol. The molecule has 0 aliphatic carbocycles. The van der Waals surface area contributed by atoms with Gasteiger partial charge in [-0.15, -0.1) is 0 Å². The molecular weight excluding hydrogens is 592 g/mol. The first-order chi connectivity index (χ1) is 23.1. The Labute approximate surface area is 291 Å². The number of ether oxygens (including phenoxy) is 7. The molecule has 0 rings (SSSR count). The molecule has 0 bridgehead atoms. The minimum absolute atomic E-state index is 0.170. The Morgan fingerprint density at radius 1 is 0.362 bits per heavy atom. The highest BCUT2D eigenvalue weighted by molar-refractivity contribution is 4.90. The zero-order chi connectivity index (χ0) is 34.5. The second kappa shape index (κ2) is 38.0. The van der Waals surface area contributed by atoms with Crippen molar-refractivity contribution in [1.82, 2.24) is 0 Å². The number of hydrogen-bond donors (Lipinski definition) is 0. The zero-order valence-corrected chi connectivity index (χ0v) is 31.9. The van der Waals surface area contributed by atoms with Crippen molar-refractivity contribution < 1.29 is 33.2 Å². The van der Waals surface area contributed by atoms with Crippen LogP contribution in [0.5, 0.6) is 0 Å². The van der Waals surface area contributed by atoms with Gasteiger partial charge in [0.1, 0.15) is 0 Å². The monoisotopic (exact) mass is 671 g/mol. The standard InChI is InChI=1S/C40H78O7/c1-7-13-23-33-41-37(42-34-24-14-8-2)27-19-21-29-39(45-31-17-11-5)47-40(46-32-18-12-6)30-22-20-28-38(43-35-25-15-9-3)44-36-26-16-10-4/h21-22,29-30,37-40H,7-20,23-28,31-36H2,1-6H3. The number of allylic oxidation sites excluding steroid dienone is 2. The van der Waals surface area contributed by atoms with Crippen LogP contribution in [-0.2, 0) is 33.2 Å². The molecule has 2 atom stereocenters. The fraction of sp³-hybridized carbons (Fsp3) is 0.900. The van der Waals surface area contributed by atoms with Crippen LogP contribution in [0.25, 0.3) is 0 Å². The topological polar surface area (TPSA) is 64.6 Å². The van der Waals surface area contributed by atoms with Crippen LogP contribution < -0.4 is 0 Å². The molecule has 0 radical (unpaired) electrons. The SMILES string of the molecule is CCCCCOC(CCC=CC(OCCCC)OC(C=CCCC(OCCCCC)OCCCCC)OCCCC)OCCCCC. The third kappa shape index (κ3) is 32.2. The van der Waals surface area contributed by atoms with E-state index in [1.54, 1.807) is 0 Å². The lowest BCUT2D eigenvalue weighted by atomic mass is 10.2. The summed E-state index contributed by atoms with van der Waals surface area (Å²) in [5.41, 5.74) is 0. The van der Waals surface area contributed by atoms with Crippen molar-refractivity contribution in [2.24, 2.45) is 0 Å². The molecule has 0 saturated heterocycles. The fourth-order valence-electron chi connectivity index (χ4n) is 4.68. The van der Waals surface area contributed by atoms with Crippen molar-refractivity contribution >= 4 is 0 Å². The lowest BCUT2D eigenvalue weighted by Crippen LogP contribution is -2.25. The Morgan fingerprint density at radius 3 is 0.957 bits per heavy atom. The van der Waals surface area contributed by atoms with Crippen molar-refractivity contribution in [3.63, 3.8) is 0 Å². The van der Waals surface area contributed by atoms with Crippen LogP contribution in [0.1, 0.15) is 170 Å². The summed E-state index contributed by atoms with van der Waals surface area (Å²) >= 11 is 0. The van der Waals surface area contributed by atoms with Crippen LogP contribution in [0.2, 0.25) is 0 Å². The molecule has 0 amide bonds. The second-order valence-electron chi connectivity index (χ2n) is 12.5. The van der Waals surface area contributed by atoms with Crippen LogP contribution in [0, 0.1) is 0 Å². The Kier molecular flexibility index (Phi) is 37.4. The first kappa shape index (κ1) is 46.2. The molecule has 0 aliphatic heterocycles. The van der Waals surface area contributed by atoms with E-state index in [-0.39, 0.29) is 12.6 Å². The summed E-state index contributed by atoms with van der Waals surface area (Å²) in [5, 5.41) is 0. The van der Waals surface area contributed by atoms with Crippen LogP contribution in [0.3, 0.4) is 0 Å². The van der Waals surface area contributed by atoms with Gasteiger partial charge in [-0.1, -0.05) is 118 Å². The van der Waals surface area contributed by atoms with Gasteiger partial charge >= 0.3 is 0 Å². The zero-order valence-electron chi connectivity index (χ0n) is 31.9. The molecule has 7 nitrogen and oxygen atoms in total. The molecule has 0 aliphatic rings. The molecular formula is C40H78O7. The third-order valence-electron chi connectivity index (χ3n) is 7.76. The van der Waals surface area contributed by atoms with E-state index in [1.165, 1.54) is 51.4 Å². The van der Waals surface area contributed by atoms with E-state index in [0.29, 0.717) is 13.2 Å². The summed E-state index contributed by atoms with van der Waals surface area (Å²) in [5.74, 6) is 0. The maximum absolute atomic E-state index is 6.38. The smallest absolute Gasteiger partial charge is 0.180 e. The van der Waals surface area contributed by atoms with Crippen LogP contribution in [0.15, 0.2) is 24.3 Å². The third-order valence-corrected chi connectivity index (χ3v) is 7.76. The van der Waals surface area contributed by atoms with Gasteiger partial charge in [-0.2, -0.15) is 0 Å². The predicted octanol–water partition coefficient (Wildman–Crippen LogP) is 11.4. The van der Waals surface area contributed by atoms with Gasteiger partial charge in [-0.25, -0.2) is 0 Å². The normalized spacial score (nSPS) is 13.6. The molecule has 0 saturated carbocycles. The van der Waals surface area contributed by atoms with E-state index in [0.717, 1.165) is 103 Å². The van der Waals surface area contributed by atoms with Crippen molar-refractivity contribution in [1.29, 1.82) is 0 Å². The number of hydrogen-bond acceptors (Lipinski definition) is 7. The Hall–Kier alpha value is -0.800. The molecule has 0 aromatic carbocycles. The van der Waals surface area contributed by atoms with E-state index in [2.05, 4.69) is 53.7 Å². The summed E-state index contributed by atoms with van der Waals surface area (Å²) in [4.78, 5) is 0. The van der Waals surface area contributed by atoms with Crippen molar-refractivity contribution in [2.75, 3.05) is 39.6 Å². The minimum atomic E-state index is -0.483. The first-order valence-electron chi connectivity index (χ1n) is 19.8. The summed E-state index contributed by atoms with van der Waals surface area (Å²) in [7, 11) is 0. The minimum Gasteiger partial charge on any atom is -0.353 e. The number of unbranched alkanes of at least 4 members (excludes halogenated alkanes) is 10. The molecule has 0 aromatic rings.